The Balaban J connectivity index is 2.37. The molecule has 8 nitrogen and oxygen atoms in total. The summed E-state index contributed by atoms with van der Waals surface area (Å²) < 4.78 is 27.5. The lowest BCUT2D eigenvalue weighted by atomic mass is 10.1. The second-order valence-electron chi connectivity index (χ2n) is 5.14. The van der Waals surface area contributed by atoms with Gasteiger partial charge in [0.25, 0.3) is 10.2 Å². The summed E-state index contributed by atoms with van der Waals surface area (Å²) in [5, 5.41) is 12.8. The van der Waals surface area contributed by atoms with Crippen LogP contribution in [-0.2, 0) is 10.2 Å². The molecule has 1 aliphatic heterocycles. The first-order valence-corrected chi connectivity index (χ1v) is 8.14. The van der Waals surface area contributed by atoms with Gasteiger partial charge >= 0.3 is 0 Å². The minimum Gasteiger partial charge on any atom is -0.385 e. The Kier molecular flexibility index (Phi) is 4.89. The number of piperazine rings is 1. The lowest BCUT2D eigenvalue weighted by Gasteiger charge is -2.36. The van der Waals surface area contributed by atoms with Crippen LogP contribution in [-0.4, -0.2) is 65.8 Å². The molecular formula is C12H21N5O3S. The molecule has 2 unspecified atom stereocenters. The summed E-state index contributed by atoms with van der Waals surface area (Å²) >= 11 is 0. The van der Waals surface area contributed by atoms with E-state index >= 15 is 0 Å². The van der Waals surface area contributed by atoms with Gasteiger partial charge in [-0.3, -0.25) is 0 Å². The quantitative estimate of drug-likeness (QED) is 0.761. The predicted octanol–water partition coefficient (Wildman–Crippen LogP) is -0.717. The molecule has 2 atom stereocenters. The first-order valence-electron chi connectivity index (χ1n) is 6.75. The number of hydrogen-bond donors (Lipinski definition) is 2. The number of hydrogen-bond acceptors (Lipinski definition) is 6. The van der Waals surface area contributed by atoms with Crippen molar-refractivity contribution in [1.82, 2.24) is 23.9 Å². The Labute approximate surface area is 125 Å². The van der Waals surface area contributed by atoms with Crippen molar-refractivity contribution in [3.8, 4) is 0 Å². The van der Waals surface area contributed by atoms with Gasteiger partial charge in [0.2, 0.25) is 0 Å². The van der Waals surface area contributed by atoms with Crippen LogP contribution in [0.15, 0.2) is 12.3 Å². The fourth-order valence-corrected chi connectivity index (χ4v) is 3.44. The molecule has 118 valence electrons. The fraction of sp³-hybridized carbons (Fsp3) is 0.667. The van der Waals surface area contributed by atoms with E-state index in [-0.39, 0.29) is 0 Å². The molecule has 1 saturated heterocycles. The molecule has 0 spiro atoms. The van der Waals surface area contributed by atoms with Gasteiger partial charge in [-0.05, 0) is 13.0 Å². The van der Waals surface area contributed by atoms with Crippen molar-refractivity contribution in [2.45, 2.75) is 19.1 Å². The monoisotopic (exact) mass is 315 g/mol. The molecule has 1 fully saturated rings. The topological polar surface area (TPSA) is 98.7 Å². The van der Waals surface area contributed by atoms with Crippen LogP contribution in [0.5, 0.6) is 0 Å². The highest BCUT2D eigenvalue weighted by Gasteiger charge is 2.35. The molecule has 1 aliphatic rings. The molecule has 0 saturated carbocycles. The van der Waals surface area contributed by atoms with Gasteiger partial charge in [0.1, 0.15) is 6.10 Å². The van der Waals surface area contributed by atoms with E-state index in [1.807, 2.05) is 0 Å². The van der Waals surface area contributed by atoms with Gasteiger partial charge in [-0.2, -0.15) is 17.0 Å². The van der Waals surface area contributed by atoms with Gasteiger partial charge in [-0.25, -0.2) is 9.97 Å². The first-order chi connectivity index (χ1) is 9.84. The van der Waals surface area contributed by atoms with Gasteiger partial charge in [-0.15, -0.1) is 0 Å². The van der Waals surface area contributed by atoms with Crippen molar-refractivity contribution in [2.75, 3.05) is 33.7 Å². The van der Waals surface area contributed by atoms with Gasteiger partial charge in [0.05, 0.1) is 11.7 Å². The first kappa shape index (κ1) is 16.2. The highest BCUT2D eigenvalue weighted by Crippen LogP contribution is 2.25. The van der Waals surface area contributed by atoms with E-state index in [4.69, 9.17) is 0 Å². The average molecular weight is 315 g/mol. The smallest absolute Gasteiger partial charge is 0.282 e. The van der Waals surface area contributed by atoms with E-state index in [1.165, 1.54) is 22.7 Å². The zero-order chi connectivity index (χ0) is 15.6. The Hall–Kier alpha value is -1.13. The lowest BCUT2D eigenvalue weighted by molar-refractivity contribution is 0.187. The van der Waals surface area contributed by atoms with Crippen molar-refractivity contribution >= 4 is 10.2 Å². The molecule has 1 aromatic heterocycles. The minimum atomic E-state index is -3.53. The molecule has 2 N–H and O–H groups in total. The minimum absolute atomic E-state index is 0.292. The normalized spacial score (nSPS) is 22.4. The Morgan fingerprint density at radius 2 is 2.24 bits per heavy atom. The van der Waals surface area contributed by atoms with Crippen molar-refractivity contribution < 1.29 is 13.5 Å². The van der Waals surface area contributed by atoms with E-state index in [2.05, 4.69) is 15.3 Å². The molecule has 1 aromatic rings. The average Bonchev–Trinajstić information content (AvgIpc) is 2.47. The molecule has 0 radical (unpaired) electrons. The Morgan fingerprint density at radius 3 is 2.86 bits per heavy atom. The summed E-state index contributed by atoms with van der Waals surface area (Å²) in [5.41, 5.74) is 0.582. The highest BCUT2D eigenvalue weighted by atomic mass is 32.2. The van der Waals surface area contributed by atoms with E-state index in [9.17, 15) is 13.5 Å². The third-order valence-electron chi connectivity index (χ3n) is 3.36. The summed E-state index contributed by atoms with van der Waals surface area (Å²) in [6.07, 6.45) is 0.750. The van der Waals surface area contributed by atoms with Crippen LogP contribution in [0.2, 0.25) is 0 Å². The third kappa shape index (κ3) is 3.38. The molecule has 0 amide bonds. The van der Waals surface area contributed by atoms with Crippen molar-refractivity contribution in [1.29, 1.82) is 0 Å². The lowest BCUT2D eigenvalue weighted by Crippen LogP contribution is -2.52. The predicted molar refractivity (Wildman–Crippen MR) is 77.6 cm³/mol. The highest BCUT2D eigenvalue weighted by molar-refractivity contribution is 7.86. The van der Waals surface area contributed by atoms with E-state index in [1.54, 1.807) is 19.2 Å². The molecule has 0 aliphatic carbocycles. The van der Waals surface area contributed by atoms with Crippen molar-refractivity contribution in [3.63, 3.8) is 0 Å². The summed E-state index contributed by atoms with van der Waals surface area (Å²) in [7, 11) is -0.508. The largest absolute Gasteiger partial charge is 0.385 e. The van der Waals surface area contributed by atoms with E-state index < -0.39 is 22.4 Å². The van der Waals surface area contributed by atoms with Gasteiger partial charge in [-0.1, -0.05) is 0 Å². The SMILES string of the molecule is CC(O)c1nccc(C2CNCCN2S(=O)(=O)N(C)C)n1. The molecule has 0 aromatic carbocycles. The second kappa shape index (κ2) is 6.32. The Bertz CT molecular complexity index is 590. The summed E-state index contributed by atoms with van der Waals surface area (Å²) in [6.45, 7) is 3.02. The van der Waals surface area contributed by atoms with E-state index in [0.29, 0.717) is 31.2 Å². The van der Waals surface area contributed by atoms with Crippen LogP contribution in [0.3, 0.4) is 0 Å². The number of nitrogens with zero attached hydrogens (tertiary/aromatic N) is 4. The van der Waals surface area contributed by atoms with Gasteiger partial charge in [0, 0.05) is 39.9 Å². The number of nitrogens with one attached hydrogen (secondary N) is 1. The second-order valence-corrected chi connectivity index (χ2v) is 7.23. The van der Waals surface area contributed by atoms with Crippen molar-refractivity contribution in [3.05, 3.63) is 23.8 Å². The van der Waals surface area contributed by atoms with Crippen LogP contribution in [0.1, 0.15) is 30.6 Å². The molecular weight excluding hydrogens is 294 g/mol. The maximum absolute atomic E-state index is 12.4. The molecule has 21 heavy (non-hydrogen) atoms. The van der Waals surface area contributed by atoms with Crippen LogP contribution in [0, 0.1) is 0 Å². The Morgan fingerprint density at radius 1 is 1.52 bits per heavy atom. The van der Waals surface area contributed by atoms with E-state index in [0.717, 1.165) is 0 Å². The van der Waals surface area contributed by atoms with Crippen LogP contribution < -0.4 is 5.32 Å². The summed E-state index contributed by atoms with van der Waals surface area (Å²) in [5.74, 6) is 0.292. The van der Waals surface area contributed by atoms with Crippen LogP contribution >= 0.6 is 0 Å². The van der Waals surface area contributed by atoms with Crippen LogP contribution in [0.4, 0.5) is 0 Å². The molecule has 2 rings (SSSR count). The molecule has 0 bridgehead atoms. The zero-order valence-corrected chi connectivity index (χ0v) is 13.2. The van der Waals surface area contributed by atoms with Crippen molar-refractivity contribution in [2.24, 2.45) is 0 Å². The third-order valence-corrected chi connectivity index (χ3v) is 5.32. The zero-order valence-electron chi connectivity index (χ0n) is 12.4. The number of aliphatic hydroxyl groups excluding tert-OH is 1. The van der Waals surface area contributed by atoms with Gasteiger partial charge in [0.15, 0.2) is 5.82 Å². The fourth-order valence-electron chi connectivity index (χ4n) is 2.20. The number of rotatable bonds is 4. The molecule has 2 heterocycles. The number of aromatic nitrogens is 2. The summed E-state index contributed by atoms with van der Waals surface area (Å²) in [6, 6.07) is 1.27. The number of aliphatic hydroxyl groups is 1. The van der Waals surface area contributed by atoms with Gasteiger partial charge < -0.3 is 10.4 Å². The summed E-state index contributed by atoms with van der Waals surface area (Å²) in [4.78, 5) is 8.29. The van der Waals surface area contributed by atoms with Crippen LogP contribution in [0.25, 0.3) is 0 Å². The maximum atomic E-state index is 12.4. The molecule has 9 heteroatoms. The standard InChI is InChI=1S/C12H21N5O3S/c1-9(18)12-14-5-4-10(15-12)11-8-13-6-7-17(11)21(19,20)16(2)3/h4-5,9,11,13,18H,6-8H2,1-3H3. The maximum Gasteiger partial charge on any atom is 0.282 e.